The Bertz CT molecular complexity index is 107. The minimum atomic E-state index is -2.79. The molecule has 0 saturated heterocycles. The molecule has 1 N–H and O–H groups in total. The van der Waals surface area contributed by atoms with Crippen LogP contribution < -0.4 is 0 Å². The molecule has 5 nitrogen and oxygen atoms in total. The van der Waals surface area contributed by atoms with Crippen LogP contribution in [-0.2, 0) is 18.4 Å². The third-order valence-electron chi connectivity index (χ3n) is 0.885. The molecule has 0 aromatic carbocycles. The molecule has 6 heteroatoms. The summed E-state index contributed by atoms with van der Waals surface area (Å²) in [6.45, 7) is 1.47. The summed E-state index contributed by atoms with van der Waals surface area (Å²) in [6.07, 6.45) is 0. The molecule has 0 rings (SSSR count). The molecule has 0 spiro atoms. The van der Waals surface area contributed by atoms with Gasteiger partial charge < -0.3 is 18.7 Å². The Hall–Kier alpha value is -0.463. The first kappa shape index (κ1) is 10.5. The Balaban J connectivity index is 2.85. The standard InChI is InChI=1S/C5H12O5Si/c1-8-2-3-9-4-5-10-11(6)7/h6H,2-5H2,1H3. The van der Waals surface area contributed by atoms with Crippen molar-refractivity contribution >= 4 is 9.17 Å². The lowest BCUT2D eigenvalue weighted by molar-refractivity contribution is 0.0489. The van der Waals surface area contributed by atoms with Crippen LogP contribution >= 0.6 is 0 Å². The molecule has 0 aromatic heterocycles. The molecule has 0 fully saturated rings. The van der Waals surface area contributed by atoms with Crippen LogP contribution in [-0.4, -0.2) is 47.5 Å². The van der Waals surface area contributed by atoms with Gasteiger partial charge in [0.15, 0.2) is 0 Å². The number of methoxy groups -OCH3 is 1. The average Bonchev–Trinajstić information content (AvgIpc) is 1.96. The molecular formula is C5H12O5Si. The third kappa shape index (κ3) is 9.54. The lowest BCUT2D eigenvalue weighted by Crippen LogP contribution is -2.13. The van der Waals surface area contributed by atoms with Gasteiger partial charge in [0, 0.05) is 7.11 Å². The number of rotatable bonds is 7. The fourth-order valence-corrected chi connectivity index (χ4v) is 0.690. The molecule has 0 unspecified atom stereocenters. The van der Waals surface area contributed by atoms with Crippen molar-refractivity contribution in [3.8, 4) is 0 Å². The second-order valence-electron chi connectivity index (χ2n) is 1.72. The molecule has 0 radical (unpaired) electrons. The molecule has 0 amide bonds. The monoisotopic (exact) mass is 180 g/mol. The van der Waals surface area contributed by atoms with E-state index in [-0.39, 0.29) is 6.61 Å². The number of hydrogen-bond donors (Lipinski definition) is 1. The van der Waals surface area contributed by atoms with E-state index in [1.54, 1.807) is 7.11 Å². The molecule has 0 aromatic rings. The van der Waals surface area contributed by atoms with Gasteiger partial charge in [-0.05, 0) is 0 Å². The quantitative estimate of drug-likeness (QED) is 0.405. The van der Waals surface area contributed by atoms with E-state index in [1.807, 2.05) is 0 Å². The smallest absolute Gasteiger partial charge is 0.511 e. The lowest BCUT2D eigenvalue weighted by Gasteiger charge is -2.02. The SMILES string of the molecule is COCCOCCO[Si](=O)O. The second kappa shape index (κ2) is 7.64. The van der Waals surface area contributed by atoms with Crippen LogP contribution in [0, 0.1) is 0 Å². The van der Waals surface area contributed by atoms with Gasteiger partial charge in [0.2, 0.25) is 0 Å². The van der Waals surface area contributed by atoms with Crippen molar-refractivity contribution in [2.45, 2.75) is 0 Å². The van der Waals surface area contributed by atoms with Gasteiger partial charge in [0.05, 0.1) is 26.4 Å². The predicted octanol–water partition coefficient (Wildman–Crippen LogP) is -0.926. The van der Waals surface area contributed by atoms with Gasteiger partial charge >= 0.3 is 9.17 Å². The molecule has 66 valence electrons. The largest absolute Gasteiger partial charge is 0.764 e. The zero-order chi connectivity index (χ0) is 8.53. The average molecular weight is 180 g/mol. The molecule has 0 aliphatic rings. The van der Waals surface area contributed by atoms with E-state index in [2.05, 4.69) is 4.43 Å². The van der Waals surface area contributed by atoms with Gasteiger partial charge in [-0.15, -0.1) is 0 Å². The van der Waals surface area contributed by atoms with Gasteiger partial charge in [-0.25, -0.2) is 0 Å². The summed E-state index contributed by atoms with van der Waals surface area (Å²) in [5.74, 6) is 0. The van der Waals surface area contributed by atoms with Crippen LogP contribution in [0.15, 0.2) is 0 Å². The van der Waals surface area contributed by atoms with Gasteiger partial charge in [0.1, 0.15) is 0 Å². The summed E-state index contributed by atoms with van der Waals surface area (Å²) in [4.78, 5) is 8.20. The molecule has 0 aliphatic heterocycles. The van der Waals surface area contributed by atoms with Gasteiger partial charge in [-0.1, -0.05) is 0 Å². The van der Waals surface area contributed by atoms with E-state index in [1.165, 1.54) is 0 Å². The molecule has 0 atom stereocenters. The highest BCUT2D eigenvalue weighted by Crippen LogP contribution is 1.77. The minimum Gasteiger partial charge on any atom is -0.511 e. The Morgan fingerprint density at radius 2 is 1.91 bits per heavy atom. The highest BCUT2D eigenvalue weighted by atomic mass is 28.3. The van der Waals surface area contributed by atoms with Crippen LogP contribution in [0.3, 0.4) is 0 Å². The van der Waals surface area contributed by atoms with Crippen molar-refractivity contribution in [1.82, 2.24) is 0 Å². The highest BCUT2D eigenvalue weighted by Gasteiger charge is 2.01. The predicted molar refractivity (Wildman–Crippen MR) is 37.3 cm³/mol. The van der Waals surface area contributed by atoms with Crippen molar-refractivity contribution in [1.29, 1.82) is 0 Å². The Morgan fingerprint density at radius 1 is 1.27 bits per heavy atom. The first-order valence-corrected chi connectivity index (χ1v) is 4.46. The van der Waals surface area contributed by atoms with Crippen LogP contribution in [0.2, 0.25) is 0 Å². The van der Waals surface area contributed by atoms with Crippen LogP contribution in [0.25, 0.3) is 0 Å². The highest BCUT2D eigenvalue weighted by molar-refractivity contribution is 6.24. The third-order valence-corrected chi connectivity index (χ3v) is 1.34. The fraction of sp³-hybridized carbons (Fsp3) is 1.00. The topological polar surface area (TPSA) is 65.0 Å². The van der Waals surface area contributed by atoms with E-state index in [9.17, 15) is 4.46 Å². The van der Waals surface area contributed by atoms with Crippen LogP contribution in [0.5, 0.6) is 0 Å². The molecule has 0 aliphatic carbocycles. The Morgan fingerprint density at radius 3 is 2.45 bits per heavy atom. The van der Waals surface area contributed by atoms with Crippen LogP contribution in [0.1, 0.15) is 0 Å². The number of ether oxygens (including phenoxy) is 2. The molecule has 0 heterocycles. The van der Waals surface area contributed by atoms with Crippen molar-refractivity contribution in [2.24, 2.45) is 0 Å². The molecule has 0 bridgehead atoms. The summed E-state index contributed by atoms with van der Waals surface area (Å²) in [6, 6.07) is 0. The maximum Gasteiger partial charge on any atom is 0.764 e. The minimum absolute atomic E-state index is 0.151. The summed E-state index contributed by atoms with van der Waals surface area (Å²) in [5.41, 5.74) is 0. The second-order valence-corrected chi connectivity index (χ2v) is 2.54. The Kier molecular flexibility index (Phi) is 7.32. The van der Waals surface area contributed by atoms with Crippen molar-refractivity contribution in [2.75, 3.05) is 33.5 Å². The summed E-state index contributed by atoms with van der Waals surface area (Å²) in [7, 11) is -1.21. The van der Waals surface area contributed by atoms with E-state index in [0.29, 0.717) is 19.8 Å². The van der Waals surface area contributed by atoms with Gasteiger partial charge in [-0.3, -0.25) is 4.46 Å². The number of hydrogen-bond acceptors (Lipinski definition) is 4. The maximum absolute atomic E-state index is 9.97. The van der Waals surface area contributed by atoms with Crippen molar-refractivity contribution < 1.29 is 23.2 Å². The van der Waals surface area contributed by atoms with Crippen LogP contribution in [0.4, 0.5) is 0 Å². The summed E-state index contributed by atoms with van der Waals surface area (Å²) >= 11 is 0. The van der Waals surface area contributed by atoms with Crippen molar-refractivity contribution in [3.05, 3.63) is 0 Å². The van der Waals surface area contributed by atoms with Crippen molar-refractivity contribution in [3.63, 3.8) is 0 Å². The first-order valence-electron chi connectivity index (χ1n) is 3.19. The normalized spacial score (nSPS) is 9.55. The van der Waals surface area contributed by atoms with Gasteiger partial charge in [-0.2, -0.15) is 0 Å². The van der Waals surface area contributed by atoms with Gasteiger partial charge in [0.25, 0.3) is 0 Å². The fourth-order valence-electron chi connectivity index (χ4n) is 0.432. The van der Waals surface area contributed by atoms with E-state index in [4.69, 9.17) is 14.3 Å². The van der Waals surface area contributed by atoms with E-state index in [0.717, 1.165) is 0 Å². The maximum atomic E-state index is 9.97. The van der Waals surface area contributed by atoms with E-state index >= 15 is 0 Å². The van der Waals surface area contributed by atoms with E-state index < -0.39 is 9.17 Å². The molecule has 11 heavy (non-hydrogen) atoms. The summed E-state index contributed by atoms with van der Waals surface area (Å²) in [5, 5.41) is 0. The zero-order valence-electron chi connectivity index (χ0n) is 6.41. The Labute approximate surface area is 66.8 Å². The zero-order valence-corrected chi connectivity index (χ0v) is 7.41. The first-order chi connectivity index (χ1) is 5.27. The molecular weight excluding hydrogens is 168 g/mol. The summed E-state index contributed by atoms with van der Waals surface area (Å²) < 4.78 is 24.0. The lowest BCUT2D eigenvalue weighted by atomic mass is 10.7. The molecule has 0 saturated carbocycles.